The molecule has 1 aromatic carbocycles. The van der Waals surface area contributed by atoms with Gasteiger partial charge in [0.05, 0.1) is 7.11 Å². The highest BCUT2D eigenvalue weighted by atomic mass is 16.5. The van der Waals surface area contributed by atoms with Crippen LogP contribution in [0, 0.1) is 17.8 Å². The highest BCUT2D eigenvalue weighted by molar-refractivity contribution is 5.92. The monoisotopic (exact) mass is 317 g/mol. The molecule has 0 radical (unpaired) electrons. The second-order valence-corrected chi connectivity index (χ2v) is 6.58. The first kappa shape index (κ1) is 15.8. The van der Waals surface area contributed by atoms with Gasteiger partial charge in [-0.2, -0.15) is 0 Å². The van der Waals surface area contributed by atoms with Gasteiger partial charge in [0.1, 0.15) is 5.75 Å². The zero-order valence-corrected chi connectivity index (χ0v) is 13.4. The molecule has 0 heterocycles. The molecule has 0 aromatic heterocycles. The van der Waals surface area contributed by atoms with Gasteiger partial charge in [-0.05, 0) is 49.1 Å². The Labute approximate surface area is 136 Å². The van der Waals surface area contributed by atoms with E-state index in [2.05, 4.69) is 5.32 Å². The first-order valence-corrected chi connectivity index (χ1v) is 8.23. The summed E-state index contributed by atoms with van der Waals surface area (Å²) in [4.78, 5) is 23.8. The van der Waals surface area contributed by atoms with Crippen molar-refractivity contribution >= 4 is 17.6 Å². The molecule has 0 spiro atoms. The number of esters is 1. The molecule has 0 aliphatic heterocycles. The summed E-state index contributed by atoms with van der Waals surface area (Å²) in [6.07, 6.45) is 5.44. The molecule has 0 saturated heterocycles. The number of ether oxygens (including phenoxy) is 2. The number of nitrogens with one attached hydrogen (secondary N) is 1. The van der Waals surface area contributed by atoms with Crippen LogP contribution in [0.2, 0.25) is 0 Å². The van der Waals surface area contributed by atoms with Gasteiger partial charge in [-0.25, -0.2) is 0 Å². The van der Waals surface area contributed by atoms with Gasteiger partial charge in [0.15, 0.2) is 6.61 Å². The van der Waals surface area contributed by atoms with Crippen molar-refractivity contribution in [2.45, 2.75) is 32.1 Å². The van der Waals surface area contributed by atoms with Crippen molar-refractivity contribution in [1.82, 2.24) is 0 Å². The van der Waals surface area contributed by atoms with Crippen LogP contribution in [-0.4, -0.2) is 25.6 Å². The molecular weight excluding hydrogens is 294 g/mol. The predicted octanol–water partition coefficient (Wildman–Crippen LogP) is 3.00. The number of fused-ring (bicyclic) bond motifs is 2. The summed E-state index contributed by atoms with van der Waals surface area (Å²) >= 11 is 0. The number of methoxy groups -OCH3 is 1. The maximum Gasteiger partial charge on any atom is 0.306 e. The molecule has 3 rings (SSSR count). The van der Waals surface area contributed by atoms with Crippen LogP contribution >= 0.6 is 0 Å². The molecule has 2 saturated carbocycles. The van der Waals surface area contributed by atoms with Crippen LogP contribution in [0.3, 0.4) is 0 Å². The minimum Gasteiger partial charge on any atom is -0.497 e. The minimum atomic E-state index is -0.334. The zero-order valence-electron chi connectivity index (χ0n) is 13.4. The Bertz CT molecular complexity index is 586. The van der Waals surface area contributed by atoms with Gasteiger partial charge < -0.3 is 14.8 Å². The van der Waals surface area contributed by atoms with Crippen molar-refractivity contribution in [3.8, 4) is 5.75 Å². The molecule has 2 bridgehead atoms. The van der Waals surface area contributed by atoms with Crippen LogP contribution in [0.25, 0.3) is 0 Å². The van der Waals surface area contributed by atoms with Crippen molar-refractivity contribution in [3.05, 3.63) is 24.3 Å². The first-order valence-electron chi connectivity index (χ1n) is 8.23. The molecular formula is C18H23NO4. The SMILES string of the molecule is COc1cccc(NC(=O)COC(=O)C[C@@H]2C[C@@H]3CC[C@@H]2C3)c1. The fraction of sp³-hybridized carbons (Fsp3) is 0.556. The lowest BCUT2D eigenvalue weighted by molar-refractivity contribution is -0.148. The van der Waals surface area contributed by atoms with E-state index in [1.807, 2.05) is 0 Å². The fourth-order valence-electron chi connectivity index (χ4n) is 3.94. The lowest BCUT2D eigenvalue weighted by Crippen LogP contribution is -2.23. The number of amides is 1. The summed E-state index contributed by atoms with van der Waals surface area (Å²) < 4.78 is 10.2. The van der Waals surface area contributed by atoms with E-state index in [9.17, 15) is 9.59 Å². The highest BCUT2D eigenvalue weighted by Gasteiger charge is 2.40. The second-order valence-electron chi connectivity index (χ2n) is 6.58. The molecule has 1 amide bonds. The first-order chi connectivity index (χ1) is 11.1. The van der Waals surface area contributed by atoms with Gasteiger partial charge in [0, 0.05) is 18.2 Å². The van der Waals surface area contributed by atoms with E-state index < -0.39 is 0 Å². The Morgan fingerprint density at radius 3 is 2.83 bits per heavy atom. The maximum atomic E-state index is 11.9. The second kappa shape index (κ2) is 7.02. The van der Waals surface area contributed by atoms with E-state index in [1.165, 1.54) is 19.3 Å². The fourth-order valence-corrected chi connectivity index (χ4v) is 3.94. The lowest BCUT2D eigenvalue weighted by Gasteiger charge is -2.20. The van der Waals surface area contributed by atoms with E-state index in [-0.39, 0.29) is 18.5 Å². The Hall–Kier alpha value is -2.04. The van der Waals surface area contributed by atoms with Gasteiger partial charge in [0.2, 0.25) is 0 Å². The molecule has 23 heavy (non-hydrogen) atoms. The molecule has 1 aromatic rings. The number of hydrogen-bond acceptors (Lipinski definition) is 4. The van der Waals surface area contributed by atoms with Gasteiger partial charge in [-0.1, -0.05) is 12.5 Å². The third-order valence-corrected chi connectivity index (χ3v) is 5.03. The number of carbonyl (C=O) groups is 2. The average molecular weight is 317 g/mol. The van der Waals surface area contributed by atoms with Gasteiger partial charge >= 0.3 is 5.97 Å². The summed E-state index contributed by atoms with van der Waals surface area (Å²) in [5, 5.41) is 2.70. The lowest BCUT2D eigenvalue weighted by atomic mass is 9.86. The van der Waals surface area contributed by atoms with Crippen molar-refractivity contribution in [1.29, 1.82) is 0 Å². The van der Waals surface area contributed by atoms with Gasteiger partial charge in [-0.15, -0.1) is 0 Å². The highest BCUT2D eigenvalue weighted by Crippen LogP contribution is 2.49. The smallest absolute Gasteiger partial charge is 0.306 e. The number of carbonyl (C=O) groups excluding carboxylic acids is 2. The van der Waals surface area contributed by atoms with E-state index in [0.29, 0.717) is 29.7 Å². The van der Waals surface area contributed by atoms with Crippen LogP contribution in [0.4, 0.5) is 5.69 Å². The Morgan fingerprint density at radius 2 is 2.13 bits per heavy atom. The molecule has 3 atom stereocenters. The van der Waals surface area contributed by atoms with E-state index in [0.717, 1.165) is 12.3 Å². The Morgan fingerprint density at radius 1 is 1.26 bits per heavy atom. The third kappa shape index (κ3) is 4.03. The summed E-state index contributed by atoms with van der Waals surface area (Å²) in [6.45, 7) is -0.239. The topological polar surface area (TPSA) is 64.6 Å². The number of anilines is 1. The molecule has 1 N–H and O–H groups in total. The summed E-state index contributed by atoms with van der Waals surface area (Å²) in [7, 11) is 1.57. The molecule has 2 aliphatic carbocycles. The maximum absolute atomic E-state index is 11.9. The summed E-state index contributed by atoms with van der Waals surface area (Å²) in [6, 6.07) is 7.06. The van der Waals surface area contributed by atoms with Crippen LogP contribution in [0.15, 0.2) is 24.3 Å². The minimum absolute atomic E-state index is 0.239. The van der Waals surface area contributed by atoms with E-state index >= 15 is 0 Å². The molecule has 2 fully saturated rings. The zero-order chi connectivity index (χ0) is 16.2. The predicted molar refractivity (Wildman–Crippen MR) is 86.1 cm³/mol. The normalized spacial score (nSPS) is 25.2. The largest absolute Gasteiger partial charge is 0.497 e. The van der Waals surface area contributed by atoms with Crippen molar-refractivity contribution < 1.29 is 19.1 Å². The molecule has 0 unspecified atom stereocenters. The van der Waals surface area contributed by atoms with Crippen molar-refractivity contribution in [2.24, 2.45) is 17.8 Å². The Kier molecular flexibility index (Phi) is 4.84. The van der Waals surface area contributed by atoms with Crippen LogP contribution in [-0.2, 0) is 14.3 Å². The van der Waals surface area contributed by atoms with Crippen LogP contribution in [0.5, 0.6) is 5.75 Å². The van der Waals surface area contributed by atoms with E-state index in [1.54, 1.807) is 31.4 Å². The number of benzene rings is 1. The quantitative estimate of drug-likeness (QED) is 0.819. The third-order valence-electron chi connectivity index (χ3n) is 5.03. The molecule has 2 aliphatic rings. The van der Waals surface area contributed by atoms with Crippen LogP contribution < -0.4 is 10.1 Å². The molecule has 5 heteroatoms. The van der Waals surface area contributed by atoms with Crippen molar-refractivity contribution in [2.75, 3.05) is 19.0 Å². The molecule has 5 nitrogen and oxygen atoms in total. The number of rotatable bonds is 6. The molecule has 124 valence electrons. The summed E-state index contributed by atoms with van der Waals surface area (Å²) in [5.41, 5.74) is 0.624. The van der Waals surface area contributed by atoms with Crippen molar-refractivity contribution in [3.63, 3.8) is 0 Å². The van der Waals surface area contributed by atoms with Gasteiger partial charge in [0.25, 0.3) is 5.91 Å². The number of hydrogen-bond donors (Lipinski definition) is 1. The van der Waals surface area contributed by atoms with Gasteiger partial charge in [-0.3, -0.25) is 9.59 Å². The standard InChI is InChI=1S/C18H23NO4/c1-22-16-4-2-3-15(10-16)19-17(20)11-23-18(21)9-14-8-12-5-6-13(14)7-12/h2-4,10,12-14H,5-9,11H2,1H3,(H,19,20)/t12-,13-,14+/m1/s1. The van der Waals surface area contributed by atoms with E-state index in [4.69, 9.17) is 9.47 Å². The van der Waals surface area contributed by atoms with Crippen LogP contribution in [0.1, 0.15) is 32.1 Å². The average Bonchev–Trinajstić information content (AvgIpc) is 3.16. The summed E-state index contributed by atoms with van der Waals surface area (Å²) in [5.74, 6) is 2.04. The Balaban J connectivity index is 1.40.